The van der Waals surface area contributed by atoms with Gasteiger partial charge in [-0.3, -0.25) is 14.5 Å². The summed E-state index contributed by atoms with van der Waals surface area (Å²) in [6, 6.07) is 14.2. The minimum Gasteiger partial charge on any atom is -0.374 e. The zero-order valence-corrected chi connectivity index (χ0v) is 19.9. The summed E-state index contributed by atoms with van der Waals surface area (Å²) in [6.07, 6.45) is 2.23. The third-order valence-electron chi connectivity index (χ3n) is 6.76. The van der Waals surface area contributed by atoms with E-state index in [1.807, 2.05) is 25.1 Å². The van der Waals surface area contributed by atoms with Crippen molar-refractivity contribution < 1.29 is 9.59 Å². The van der Waals surface area contributed by atoms with Crippen molar-refractivity contribution in [3.63, 3.8) is 0 Å². The van der Waals surface area contributed by atoms with Gasteiger partial charge in [0.05, 0.1) is 6.04 Å². The molecule has 4 rings (SSSR count). The predicted molar refractivity (Wildman–Crippen MR) is 133 cm³/mol. The van der Waals surface area contributed by atoms with Gasteiger partial charge in [0.1, 0.15) is 0 Å². The van der Waals surface area contributed by atoms with Gasteiger partial charge in [-0.1, -0.05) is 24.3 Å². The Hall–Kier alpha value is -2.90. The molecule has 2 aromatic rings. The number of benzene rings is 2. The average molecular weight is 450 g/mol. The molecule has 1 atom stereocenters. The van der Waals surface area contributed by atoms with Gasteiger partial charge in [0, 0.05) is 57.7 Å². The number of likely N-dealkylation sites (N-methyl/N-ethyl adjacent to an activating group) is 1. The van der Waals surface area contributed by atoms with Crippen molar-refractivity contribution in [2.75, 3.05) is 63.6 Å². The number of nitrogens with zero attached hydrogens (tertiary/aromatic N) is 3. The number of carbonyl (C=O) groups is 2. The minimum absolute atomic E-state index is 0.0342. The van der Waals surface area contributed by atoms with E-state index >= 15 is 0 Å². The van der Waals surface area contributed by atoms with E-state index in [1.165, 1.54) is 16.8 Å². The molecule has 0 radical (unpaired) electrons. The van der Waals surface area contributed by atoms with Gasteiger partial charge in [-0.15, -0.1) is 0 Å². The largest absolute Gasteiger partial charge is 0.374 e. The summed E-state index contributed by atoms with van der Waals surface area (Å²) in [5.41, 5.74) is 5.52. The minimum atomic E-state index is -0.634. The SMILES string of the molecule is Cc1cccc(NC(=O)C(=O)NCC(c2ccc3c(c2)CCCN3C)N2CCN(C)CC2)c1. The van der Waals surface area contributed by atoms with Gasteiger partial charge < -0.3 is 20.4 Å². The van der Waals surface area contributed by atoms with Crippen LogP contribution >= 0.6 is 0 Å². The van der Waals surface area contributed by atoms with Gasteiger partial charge in [-0.05, 0) is 61.7 Å². The second-order valence-electron chi connectivity index (χ2n) is 9.30. The molecular weight excluding hydrogens is 414 g/mol. The van der Waals surface area contributed by atoms with E-state index in [-0.39, 0.29) is 6.04 Å². The van der Waals surface area contributed by atoms with Crippen LogP contribution in [0.1, 0.15) is 29.2 Å². The fourth-order valence-electron chi connectivity index (χ4n) is 4.78. The second-order valence-corrected chi connectivity index (χ2v) is 9.30. The monoisotopic (exact) mass is 449 g/mol. The fourth-order valence-corrected chi connectivity index (χ4v) is 4.78. The summed E-state index contributed by atoms with van der Waals surface area (Å²) >= 11 is 0. The topological polar surface area (TPSA) is 67.9 Å². The number of piperazine rings is 1. The molecule has 2 N–H and O–H groups in total. The van der Waals surface area contributed by atoms with Crippen molar-refractivity contribution in [3.05, 3.63) is 59.2 Å². The molecule has 1 fully saturated rings. The first kappa shape index (κ1) is 23.3. The highest BCUT2D eigenvalue weighted by Crippen LogP contribution is 2.31. The molecule has 2 aliphatic rings. The van der Waals surface area contributed by atoms with Crippen LogP contribution in [0.5, 0.6) is 0 Å². The van der Waals surface area contributed by atoms with Gasteiger partial charge in [0.25, 0.3) is 0 Å². The maximum atomic E-state index is 12.6. The maximum Gasteiger partial charge on any atom is 0.313 e. The molecule has 0 aliphatic carbocycles. The van der Waals surface area contributed by atoms with Crippen molar-refractivity contribution in [2.24, 2.45) is 0 Å². The molecule has 0 bridgehead atoms. The Morgan fingerprint density at radius 3 is 2.52 bits per heavy atom. The third kappa shape index (κ3) is 5.72. The molecule has 2 heterocycles. The molecule has 0 saturated carbocycles. The summed E-state index contributed by atoms with van der Waals surface area (Å²) in [4.78, 5) is 32.1. The van der Waals surface area contributed by atoms with Crippen LogP contribution in [-0.2, 0) is 16.0 Å². The molecule has 7 nitrogen and oxygen atoms in total. The third-order valence-corrected chi connectivity index (χ3v) is 6.76. The fraction of sp³-hybridized carbons (Fsp3) is 0.462. The number of amides is 2. The van der Waals surface area contributed by atoms with Crippen LogP contribution < -0.4 is 15.5 Å². The number of fused-ring (bicyclic) bond motifs is 1. The molecule has 2 amide bonds. The summed E-state index contributed by atoms with van der Waals surface area (Å²) < 4.78 is 0. The Kier molecular flexibility index (Phi) is 7.30. The number of aryl methyl sites for hydroxylation is 2. The van der Waals surface area contributed by atoms with Gasteiger partial charge in [0.15, 0.2) is 0 Å². The average Bonchev–Trinajstić information content (AvgIpc) is 2.80. The van der Waals surface area contributed by atoms with Crippen LogP contribution in [0.4, 0.5) is 11.4 Å². The van der Waals surface area contributed by atoms with Crippen molar-refractivity contribution >= 4 is 23.2 Å². The van der Waals surface area contributed by atoms with E-state index in [4.69, 9.17) is 0 Å². The molecule has 1 saturated heterocycles. The van der Waals surface area contributed by atoms with Gasteiger partial charge in [-0.25, -0.2) is 0 Å². The number of nitrogens with one attached hydrogen (secondary N) is 2. The molecule has 0 aromatic heterocycles. The predicted octanol–water partition coefficient (Wildman–Crippen LogP) is 2.42. The molecule has 176 valence electrons. The molecule has 33 heavy (non-hydrogen) atoms. The van der Waals surface area contributed by atoms with E-state index in [0.29, 0.717) is 12.2 Å². The Morgan fingerprint density at radius 2 is 1.76 bits per heavy atom. The van der Waals surface area contributed by atoms with E-state index in [1.54, 1.807) is 6.07 Å². The zero-order chi connectivity index (χ0) is 23.4. The van der Waals surface area contributed by atoms with E-state index < -0.39 is 11.8 Å². The highest BCUT2D eigenvalue weighted by molar-refractivity contribution is 6.39. The lowest BCUT2D eigenvalue weighted by molar-refractivity contribution is -0.136. The van der Waals surface area contributed by atoms with Crippen LogP contribution in [0.15, 0.2) is 42.5 Å². The smallest absolute Gasteiger partial charge is 0.313 e. The van der Waals surface area contributed by atoms with Gasteiger partial charge in [-0.2, -0.15) is 0 Å². The highest BCUT2D eigenvalue weighted by Gasteiger charge is 2.27. The number of hydrogen-bond acceptors (Lipinski definition) is 5. The van der Waals surface area contributed by atoms with Crippen molar-refractivity contribution in [3.8, 4) is 0 Å². The number of hydrogen-bond donors (Lipinski definition) is 2. The summed E-state index contributed by atoms with van der Waals surface area (Å²) in [5, 5.41) is 5.60. The van der Waals surface area contributed by atoms with E-state index in [0.717, 1.165) is 51.1 Å². The quantitative estimate of drug-likeness (QED) is 0.687. The van der Waals surface area contributed by atoms with Gasteiger partial charge >= 0.3 is 11.8 Å². The molecule has 2 aliphatic heterocycles. The molecule has 1 unspecified atom stereocenters. The van der Waals surface area contributed by atoms with Crippen LogP contribution in [0.2, 0.25) is 0 Å². The van der Waals surface area contributed by atoms with E-state index in [9.17, 15) is 9.59 Å². The highest BCUT2D eigenvalue weighted by atomic mass is 16.2. The zero-order valence-electron chi connectivity index (χ0n) is 19.9. The van der Waals surface area contributed by atoms with Crippen LogP contribution in [0, 0.1) is 6.92 Å². The maximum absolute atomic E-state index is 12.6. The van der Waals surface area contributed by atoms with Crippen molar-refractivity contribution in [1.29, 1.82) is 0 Å². The summed E-state index contributed by atoms with van der Waals surface area (Å²) in [7, 11) is 4.28. The molecule has 2 aromatic carbocycles. The Morgan fingerprint density at radius 1 is 0.970 bits per heavy atom. The van der Waals surface area contributed by atoms with Gasteiger partial charge in [0.2, 0.25) is 0 Å². The molecule has 7 heteroatoms. The Bertz CT molecular complexity index is 1000. The number of anilines is 2. The van der Waals surface area contributed by atoms with Crippen molar-refractivity contribution in [1.82, 2.24) is 15.1 Å². The first-order valence-corrected chi connectivity index (χ1v) is 11.8. The first-order chi connectivity index (χ1) is 15.9. The summed E-state index contributed by atoms with van der Waals surface area (Å²) in [5.74, 6) is -1.24. The standard InChI is InChI=1S/C26H35N5O2/c1-19-6-4-8-22(16-19)28-26(33)25(32)27-18-24(31-14-12-29(2)13-15-31)21-9-10-23-20(17-21)7-5-11-30(23)3/h4,6,8-10,16-17,24H,5,7,11-15,18H2,1-3H3,(H,27,32)(H,28,33). The first-order valence-electron chi connectivity index (χ1n) is 11.8. The lowest BCUT2D eigenvalue weighted by Gasteiger charge is -2.39. The second kappa shape index (κ2) is 10.4. The van der Waals surface area contributed by atoms with E-state index in [2.05, 4.69) is 57.6 Å². The molecule has 0 spiro atoms. The number of carbonyl (C=O) groups excluding carboxylic acids is 2. The lowest BCUT2D eigenvalue weighted by Crippen LogP contribution is -2.49. The lowest BCUT2D eigenvalue weighted by atomic mass is 9.95. The Labute approximate surface area is 196 Å². The van der Waals surface area contributed by atoms with Crippen molar-refractivity contribution in [2.45, 2.75) is 25.8 Å². The normalized spacial score (nSPS) is 17.8. The van der Waals surface area contributed by atoms with Crippen LogP contribution in [0.25, 0.3) is 0 Å². The Balaban J connectivity index is 1.47. The van der Waals surface area contributed by atoms with Crippen LogP contribution in [0.3, 0.4) is 0 Å². The van der Waals surface area contributed by atoms with Crippen LogP contribution in [-0.4, -0.2) is 75.0 Å². The molecular formula is C26H35N5O2. The summed E-state index contributed by atoms with van der Waals surface area (Å²) in [6.45, 7) is 7.29. The number of rotatable bonds is 5.